The SMILES string of the molecule is CCCN[C@@H](Cn1cnc2ccccc21)C(=O)O. The van der Waals surface area contributed by atoms with Gasteiger partial charge in [-0.3, -0.25) is 4.79 Å². The summed E-state index contributed by atoms with van der Waals surface area (Å²) in [5, 5.41) is 12.2. The number of rotatable bonds is 6. The monoisotopic (exact) mass is 247 g/mol. The first kappa shape index (κ1) is 12.6. The third-order valence-electron chi connectivity index (χ3n) is 2.85. The number of aromatic nitrogens is 2. The number of carboxylic acid groups (broad SMARTS) is 1. The van der Waals surface area contributed by atoms with E-state index in [0.717, 1.165) is 17.5 Å². The molecule has 0 saturated carbocycles. The fourth-order valence-corrected chi connectivity index (χ4v) is 1.90. The molecule has 0 aliphatic heterocycles. The van der Waals surface area contributed by atoms with Crippen LogP contribution in [-0.4, -0.2) is 33.2 Å². The average molecular weight is 247 g/mol. The number of imidazole rings is 1. The van der Waals surface area contributed by atoms with Crippen molar-refractivity contribution in [3.05, 3.63) is 30.6 Å². The zero-order valence-corrected chi connectivity index (χ0v) is 10.3. The van der Waals surface area contributed by atoms with Crippen molar-refractivity contribution in [1.82, 2.24) is 14.9 Å². The molecule has 2 rings (SSSR count). The Bertz CT molecular complexity index is 536. The lowest BCUT2D eigenvalue weighted by molar-refractivity contribution is -0.139. The van der Waals surface area contributed by atoms with Gasteiger partial charge in [0.25, 0.3) is 0 Å². The van der Waals surface area contributed by atoms with Crippen LogP contribution in [0.2, 0.25) is 0 Å². The zero-order chi connectivity index (χ0) is 13.0. The molecule has 1 atom stereocenters. The average Bonchev–Trinajstić information content (AvgIpc) is 2.77. The Morgan fingerprint density at radius 1 is 1.50 bits per heavy atom. The predicted octanol–water partition coefficient (Wildman–Crippen LogP) is 1.49. The van der Waals surface area contributed by atoms with E-state index in [2.05, 4.69) is 10.3 Å². The van der Waals surface area contributed by atoms with Gasteiger partial charge in [-0.15, -0.1) is 0 Å². The van der Waals surface area contributed by atoms with Crippen LogP contribution in [0.4, 0.5) is 0 Å². The summed E-state index contributed by atoms with van der Waals surface area (Å²) in [6.07, 6.45) is 2.60. The summed E-state index contributed by atoms with van der Waals surface area (Å²) in [6.45, 7) is 3.10. The summed E-state index contributed by atoms with van der Waals surface area (Å²) in [5.74, 6) is -0.832. The molecule has 0 aliphatic carbocycles. The molecule has 1 heterocycles. The third-order valence-corrected chi connectivity index (χ3v) is 2.85. The number of nitrogens with zero attached hydrogens (tertiary/aromatic N) is 2. The first-order valence-electron chi connectivity index (χ1n) is 6.08. The van der Waals surface area contributed by atoms with Crippen molar-refractivity contribution in [2.75, 3.05) is 6.54 Å². The van der Waals surface area contributed by atoms with Crippen molar-refractivity contribution in [3.8, 4) is 0 Å². The van der Waals surface area contributed by atoms with Gasteiger partial charge in [0.1, 0.15) is 6.04 Å². The van der Waals surface area contributed by atoms with Gasteiger partial charge in [0, 0.05) is 0 Å². The largest absolute Gasteiger partial charge is 0.480 e. The molecular formula is C13H17N3O2. The maximum Gasteiger partial charge on any atom is 0.322 e. The molecule has 0 amide bonds. The van der Waals surface area contributed by atoms with Crippen molar-refractivity contribution in [3.63, 3.8) is 0 Å². The molecule has 1 aromatic heterocycles. The van der Waals surface area contributed by atoms with E-state index in [1.54, 1.807) is 6.33 Å². The van der Waals surface area contributed by atoms with E-state index < -0.39 is 12.0 Å². The molecule has 0 saturated heterocycles. The van der Waals surface area contributed by atoms with Crippen LogP contribution < -0.4 is 5.32 Å². The van der Waals surface area contributed by atoms with E-state index in [9.17, 15) is 9.90 Å². The van der Waals surface area contributed by atoms with Crippen LogP contribution in [0.25, 0.3) is 11.0 Å². The molecule has 1 aromatic carbocycles. The fraction of sp³-hybridized carbons (Fsp3) is 0.385. The quantitative estimate of drug-likeness (QED) is 0.811. The standard InChI is InChI=1S/C13H17N3O2/c1-2-7-14-11(13(17)18)8-16-9-15-10-5-3-4-6-12(10)16/h3-6,9,11,14H,2,7-8H2,1H3,(H,17,18)/t11-/m0/s1. The first-order chi connectivity index (χ1) is 8.72. The second-order valence-electron chi connectivity index (χ2n) is 4.23. The summed E-state index contributed by atoms with van der Waals surface area (Å²) in [7, 11) is 0. The van der Waals surface area contributed by atoms with Gasteiger partial charge in [0.15, 0.2) is 0 Å². The Hall–Kier alpha value is -1.88. The Kier molecular flexibility index (Phi) is 3.94. The van der Waals surface area contributed by atoms with Gasteiger partial charge in [0.2, 0.25) is 0 Å². The highest BCUT2D eigenvalue weighted by Crippen LogP contribution is 2.12. The topological polar surface area (TPSA) is 67.2 Å². The van der Waals surface area contributed by atoms with E-state index in [0.29, 0.717) is 13.1 Å². The van der Waals surface area contributed by atoms with Crippen molar-refractivity contribution in [2.45, 2.75) is 25.9 Å². The van der Waals surface area contributed by atoms with Crippen molar-refractivity contribution in [2.24, 2.45) is 0 Å². The van der Waals surface area contributed by atoms with Crippen LogP contribution in [0.1, 0.15) is 13.3 Å². The van der Waals surface area contributed by atoms with Gasteiger partial charge >= 0.3 is 5.97 Å². The summed E-state index contributed by atoms with van der Waals surface area (Å²) in [5.41, 5.74) is 1.85. The van der Waals surface area contributed by atoms with Gasteiger partial charge in [-0.25, -0.2) is 4.98 Å². The lowest BCUT2D eigenvalue weighted by Crippen LogP contribution is -2.40. The normalized spacial score (nSPS) is 12.7. The minimum atomic E-state index is -0.832. The van der Waals surface area contributed by atoms with Crippen LogP contribution in [-0.2, 0) is 11.3 Å². The predicted molar refractivity (Wildman–Crippen MR) is 69.5 cm³/mol. The van der Waals surface area contributed by atoms with Crippen LogP contribution in [0, 0.1) is 0 Å². The summed E-state index contributed by atoms with van der Waals surface area (Å²) < 4.78 is 1.87. The smallest absolute Gasteiger partial charge is 0.322 e. The fourth-order valence-electron chi connectivity index (χ4n) is 1.90. The molecule has 0 fully saturated rings. The Balaban J connectivity index is 2.18. The van der Waals surface area contributed by atoms with E-state index in [-0.39, 0.29) is 0 Å². The van der Waals surface area contributed by atoms with Crippen molar-refractivity contribution in [1.29, 1.82) is 0 Å². The molecule has 2 aromatic rings. The maximum atomic E-state index is 11.2. The third kappa shape index (κ3) is 2.68. The maximum absolute atomic E-state index is 11.2. The number of benzene rings is 1. The van der Waals surface area contributed by atoms with Crippen LogP contribution in [0.5, 0.6) is 0 Å². The van der Waals surface area contributed by atoms with E-state index >= 15 is 0 Å². The number of carboxylic acids is 1. The second-order valence-corrected chi connectivity index (χ2v) is 4.23. The van der Waals surface area contributed by atoms with Crippen LogP contribution >= 0.6 is 0 Å². The van der Waals surface area contributed by atoms with Crippen molar-refractivity contribution < 1.29 is 9.90 Å². The van der Waals surface area contributed by atoms with E-state index in [1.807, 2.05) is 35.8 Å². The summed E-state index contributed by atoms with van der Waals surface area (Å²) >= 11 is 0. The zero-order valence-electron chi connectivity index (χ0n) is 10.3. The molecule has 96 valence electrons. The minimum Gasteiger partial charge on any atom is -0.480 e. The number of nitrogens with one attached hydrogen (secondary N) is 1. The molecule has 0 unspecified atom stereocenters. The molecular weight excluding hydrogens is 230 g/mol. The molecule has 5 heteroatoms. The van der Waals surface area contributed by atoms with Gasteiger partial charge < -0.3 is 15.0 Å². The Morgan fingerprint density at radius 3 is 3.00 bits per heavy atom. The van der Waals surface area contributed by atoms with Crippen molar-refractivity contribution >= 4 is 17.0 Å². The van der Waals surface area contributed by atoms with Gasteiger partial charge in [-0.1, -0.05) is 19.1 Å². The number of aliphatic carboxylic acids is 1. The second kappa shape index (κ2) is 5.64. The molecule has 5 nitrogen and oxygen atoms in total. The van der Waals surface area contributed by atoms with E-state index in [1.165, 1.54) is 0 Å². The summed E-state index contributed by atoms with van der Waals surface area (Å²) in [6, 6.07) is 7.13. The Labute approximate surface area is 105 Å². The molecule has 0 aliphatic rings. The molecule has 0 spiro atoms. The molecule has 18 heavy (non-hydrogen) atoms. The van der Waals surface area contributed by atoms with E-state index in [4.69, 9.17) is 0 Å². The first-order valence-corrected chi connectivity index (χ1v) is 6.08. The molecule has 0 radical (unpaired) electrons. The lowest BCUT2D eigenvalue weighted by atomic mass is 10.2. The number of hydrogen-bond donors (Lipinski definition) is 2. The van der Waals surface area contributed by atoms with Gasteiger partial charge in [-0.2, -0.15) is 0 Å². The molecule has 0 bridgehead atoms. The summed E-state index contributed by atoms with van der Waals surface area (Å²) in [4.78, 5) is 15.4. The number of carbonyl (C=O) groups is 1. The number of fused-ring (bicyclic) bond motifs is 1. The Morgan fingerprint density at radius 2 is 2.28 bits per heavy atom. The van der Waals surface area contributed by atoms with Crippen LogP contribution in [0.15, 0.2) is 30.6 Å². The number of para-hydroxylation sites is 2. The highest BCUT2D eigenvalue weighted by Gasteiger charge is 2.17. The van der Waals surface area contributed by atoms with Gasteiger partial charge in [0.05, 0.1) is 23.9 Å². The highest BCUT2D eigenvalue weighted by atomic mass is 16.4. The lowest BCUT2D eigenvalue weighted by Gasteiger charge is -2.14. The van der Waals surface area contributed by atoms with Crippen LogP contribution in [0.3, 0.4) is 0 Å². The van der Waals surface area contributed by atoms with Gasteiger partial charge in [-0.05, 0) is 25.1 Å². The molecule has 2 N–H and O–H groups in total. The minimum absolute atomic E-state index is 0.385. The number of hydrogen-bond acceptors (Lipinski definition) is 3. The highest BCUT2D eigenvalue weighted by molar-refractivity contribution is 5.76.